The van der Waals surface area contributed by atoms with Gasteiger partial charge < -0.3 is 19.4 Å². The molecule has 1 aliphatic rings. The Morgan fingerprint density at radius 3 is 2.75 bits per heavy atom. The molecule has 7 heteroatoms. The third-order valence-electron chi connectivity index (χ3n) is 4.94. The maximum Gasteiger partial charge on any atom is 0.260 e. The van der Waals surface area contributed by atoms with Gasteiger partial charge in [-0.25, -0.2) is 4.98 Å². The van der Waals surface area contributed by atoms with Gasteiger partial charge in [-0.2, -0.15) is 0 Å². The normalized spacial score (nSPS) is 14.3. The van der Waals surface area contributed by atoms with Gasteiger partial charge in [-0.1, -0.05) is 12.1 Å². The van der Waals surface area contributed by atoms with Crippen LogP contribution < -0.4 is 9.47 Å². The molecule has 0 atom stereocenters. The Morgan fingerprint density at radius 2 is 2.00 bits per heavy atom. The molecular weight excluding hydrogens is 422 g/mol. The first-order chi connectivity index (χ1) is 13.7. The lowest BCUT2D eigenvalue weighted by molar-refractivity contribution is -0.134. The van der Waals surface area contributed by atoms with Crippen LogP contribution in [0.3, 0.4) is 0 Å². The van der Waals surface area contributed by atoms with E-state index >= 15 is 0 Å². The van der Waals surface area contributed by atoms with Crippen molar-refractivity contribution in [2.45, 2.75) is 19.3 Å². The number of H-pyrrole nitrogens is 1. The summed E-state index contributed by atoms with van der Waals surface area (Å²) in [5, 5.41) is 0. The molecule has 0 saturated carbocycles. The minimum Gasteiger partial charge on any atom is -0.493 e. The van der Waals surface area contributed by atoms with Crippen molar-refractivity contribution in [1.29, 1.82) is 0 Å². The zero-order chi connectivity index (χ0) is 19.5. The third kappa shape index (κ3) is 3.85. The first-order valence-corrected chi connectivity index (χ1v) is 10.2. The molecule has 1 amide bonds. The van der Waals surface area contributed by atoms with Crippen molar-refractivity contribution in [3.63, 3.8) is 0 Å². The summed E-state index contributed by atoms with van der Waals surface area (Å²) in [6, 6.07) is 11.7. The van der Waals surface area contributed by atoms with Gasteiger partial charge in [-0.05, 0) is 59.5 Å². The van der Waals surface area contributed by atoms with E-state index in [-0.39, 0.29) is 12.5 Å². The molecule has 1 aliphatic heterocycles. The van der Waals surface area contributed by atoms with Crippen LogP contribution in [0.4, 0.5) is 0 Å². The highest BCUT2D eigenvalue weighted by molar-refractivity contribution is 9.10. The van der Waals surface area contributed by atoms with Gasteiger partial charge in [0.15, 0.2) is 18.1 Å². The van der Waals surface area contributed by atoms with Gasteiger partial charge in [0, 0.05) is 18.7 Å². The fraction of sp³-hybridized carbons (Fsp3) is 0.333. The lowest BCUT2D eigenvalue weighted by Gasteiger charge is -2.26. The maximum atomic E-state index is 12.4. The van der Waals surface area contributed by atoms with Crippen LogP contribution in [0, 0.1) is 0 Å². The summed E-state index contributed by atoms with van der Waals surface area (Å²) in [7, 11) is 1.59. The number of aromatic nitrogens is 2. The average Bonchev–Trinajstić information content (AvgIpc) is 3.17. The van der Waals surface area contributed by atoms with E-state index < -0.39 is 0 Å². The van der Waals surface area contributed by atoms with Gasteiger partial charge in [-0.3, -0.25) is 4.79 Å². The number of hydrogen-bond donors (Lipinski definition) is 1. The molecule has 0 spiro atoms. The maximum absolute atomic E-state index is 12.4. The number of para-hydroxylation sites is 2. The van der Waals surface area contributed by atoms with Gasteiger partial charge in [0.05, 0.1) is 22.6 Å². The molecule has 1 aromatic heterocycles. The summed E-state index contributed by atoms with van der Waals surface area (Å²) in [6.45, 7) is 1.62. The van der Waals surface area contributed by atoms with E-state index in [0.717, 1.165) is 48.4 Å². The van der Waals surface area contributed by atoms with Gasteiger partial charge in [0.1, 0.15) is 5.82 Å². The van der Waals surface area contributed by atoms with Crippen LogP contribution in [0.15, 0.2) is 40.9 Å². The molecule has 0 unspecified atom stereocenters. The molecule has 1 fully saturated rings. The summed E-state index contributed by atoms with van der Waals surface area (Å²) in [6.07, 6.45) is 3.31. The summed E-state index contributed by atoms with van der Waals surface area (Å²) in [4.78, 5) is 22.2. The van der Waals surface area contributed by atoms with Crippen LogP contribution in [-0.2, 0) is 4.79 Å². The second-order valence-electron chi connectivity index (χ2n) is 6.82. The second kappa shape index (κ2) is 8.22. The van der Waals surface area contributed by atoms with Crippen molar-refractivity contribution < 1.29 is 14.3 Å². The number of likely N-dealkylation sites (tertiary alicyclic amines) is 1. The fourth-order valence-electron chi connectivity index (χ4n) is 3.45. The van der Waals surface area contributed by atoms with Gasteiger partial charge >= 0.3 is 0 Å². The third-order valence-corrected chi connectivity index (χ3v) is 5.53. The summed E-state index contributed by atoms with van der Waals surface area (Å²) < 4.78 is 12.1. The molecule has 3 aromatic rings. The lowest BCUT2D eigenvalue weighted by atomic mass is 10.1. The quantitative estimate of drug-likeness (QED) is 0.634. The summed E-state index contributed by atoms with van der Waals surface area (Å²) in [5.41, 5.74) is 2.75. The number of carbonyl (C=O) groups excluding carboxylic acids is 1. The van der Waals surface area contributed by atoms with E-state index in [9.17, 15) is 4.79 Å². The van der Waals surface area contributed by atoms with Crippen molar-refractivity contribution >= 4 is 32.9 Å². The Balaban J connectivity index is 1.56. The number of nitrogens with zero attached hydrogens (tertiary/aromatic N) is 2. The van der Waals surface area contributed by atoms with Crippen LogP contribution in [0.1, 0.15) is 19.3 Å². The molecule has 0 radical (unpaired) electrons. The SMILES string of the molecule is COc1cc(-c2nc3ccccc3[nH]2)cc(Br)c1OCC(=O)N1CCCCC1. The topological polar surface area (TPSA) is 67.5 Å². The number of imidazole rings is 1. The van der Waals surface area contributed by atoms with E-state index in [1.165, 1.54) is 6.42 Å². The van der Waals surface area contributed by atoms with Crippen molar-refractivity contribution in [1.82, 2.24) is 14.9 Å². The molecule has 146 valence electrons. The number of piperidine rings is 1. The summed E-state index contributed by atoms with van der Waals surface area (Å²) >= 11 is 3.55. The van der Waals surface area contributed by atoms with Crippen LogP contribution in [0.25, 0.3) is 22.4 Å². The number of fused-ring (bicyclic) bond motifs is 1. The molecular formula is C21H22BrN3O3. The number of rotatable bonds is 5. The van der Waals surface area contributed by atoms with Gasteiger partial charge in [0.25, 0.3) is 5.91 Å². The first kappa shape index (κ1) is 18.8. The van der Waals surface area contributed by atoms with Crippen LogP contribution >= 0.6 is 15.9 Å². The largest absolute Gasteiger partial charge is 0.493 e. The zero-order valence-corrected chi connectivity index (χ0v) is 17.3. The standard InChI is InChI=1S/C21H22BrN3O3/c1-27-18-12-14(21-23-16-7-3-4-8-17(16)24-21)11-15(22)20(18)28-13-19(26)25-9-5-2-6-10-25/h3-4,7-8,11-12H,2,5-6,9-10,13H2,1H3,(H,23,24). The predicted molar refractivity (Wildman–Crippen MR) is 112 cm³/mol. The minimum atomic E-state index is -0.00105. The minimum absolute atomic E-state index is 0.00105. The van der Waals surface area contributed by atoms with Crippen LogP contribution in [0.2, 0.25) is 0 Å². The van der Waals surface area contributed by atoms with E-state index in [1.54, 1.807) is 7.11 Å². The van der Waals surface area contributed by atoms with Gasteiger partial charge in [0.2, 0.25) is 0 Å². The molecule has 2 aromatic carbocycles. The molecule has 4 rings (SSSR count). The Morgan fingerprint density at radius 1 is 1.21 bits per heavy atom. The number of hydrogen-bond acceptors (Lipinski definition) is 4. The molecule has 0 aliphatic carbocycles. The number of amides is 1. The summed E-state index contributed by atoms with van der Waals surface area (Å²) in [5.74, 6) is 1.83. The monoisotopic (exact) mass is 443 g/mol. The Labute approximate surface area is 172 Å². The van der Waals surface area contributed by atoms with Crippen molar-refractivity contribution in [2.24, 2.45) is 0 Å². The number of ether oxygens (including phenoxy) is 2. The first-order valence-electron chi connectivity index (χ1n) is 9.39. The smallest absolute Gasteiger partial charge is 0.260 e. The molecule has 28 heavy (non-hydrogen) atoms. The molecule has 0 bridgehead atoms. The molecule has 1 saturated heterocycles. The second-order valence-corrected chi connectivity index (χ2v) is 7.68. The van der Waals surface area contributed by atoms with Crippen LogP contribution in [0.5, 0.6) is 11.5 Å². The van der Waals surface area contributed by atoms with Crippen molar-refractivity contribution in [2.75, 3.05) is 26.8 Å². The number of carbonyl (C=O) groups is 1. The van der Waals surface area contributed by atoms with Crippen molar-refractivity contribution in [3.05, 3.63) is 40.9 Å². The van der Waals surface area contributed by atoms with Gasteiger partial charge in [-0.15, -0.1) is 0 Å². The fourth-order valence-corrected chi connectivity index (χ4v) is 4.01. The number of methoxy groups -OCH3 is 1. The molecule has 1 N–H and O–H groups in total. The number of aromatic amines is 1. The number of benzene rings is 2. The van der Waals surface area contributed by atoms with Crippen LogP contribution in [-0.4, -0.2) is 47.6 Å². The highest BCUT2D eigenvalue weighted by Crippen LogP contribution is 2.39. The highest BCUT2D eigenvalue weighted by atomic mass is 79.9. The lowest BCUT2D eigenvalue weighted by Crippen LogP contribution is -2.38. The molecule has 6 nitrogen and oxygen atoms in total. The Bertz CT molecular complexity index is 963. The molecule has 2 heterocycles. The predicted octanol–water partition coefficient (Wildman–Crippen LogP) is 4.39. The average molecular weight is 444 g/mol. The van der Waals surface area contributed by atoms with E-state index in [0.29, 0.717) is 16.0 Å². The highest BCUT2D eigenvalue weighted by Gasteiger charge is 2.20. The number of halogens is 1. The Hall–Kier alpha value is -2.54. The van der Waals surface area contributed by atoms with E-state index in [2.05, 4.69) is 25.9 Å². The Kier molecular flexibility index (Phi) is 5.52. The number of nitrogens with one attached hydrogen (secondary N) is 1. The zero-order valence-electron chi connectivity index (χ0n) is 15.7. The van der Waals surface area contributed by atoms with Crippen molar-refractivity contribution in [3.8, 4) is 22.9 Å². The van der Waals surface area contributed by atoms with E-state index in [4.69, 9.17) is 9.47 Å². The van der Waals surface area contributed by atoms with E-state index in [1.807, 2.05) is 41.3 Å².